The molecular formula is C18H21FO2. The Kier molecular flexibility index (Phi) is 5.34. The molecule has 2 rings (SSSR count). The molecule has 0 saturated carbocycles. The molecule has 1 atom stereocenters. The van der Waals surface area contributed by atoms with Gasteiger partial charge in [-0.2, -0.15) is 0 Å². The summed E-state index contributed by atoms with van der Waals surface area (Å²) in [5.41, 5.74) is 2.99. The lowest BCUT2D eigenvalue weighted by molar-refractivity contribution is 0.139. The van der Waals surface area contributed by atoms with Crippen molar-refractivity contribution in [3.63, 3.8) is 0 Å². The SMILES string of the molecule is Cc1cccc(OCCC(O)Cc2ccc(F)cc2C)c1. The summed E-state index contributed by atoms with van der Waals surface area (Å²) in [6.07, 6.45) is 0.576. The third-order valence-electron chi connectivity index (χ3n) is 3.47. The lowest BCUT2D eigenvalue weighted by atomic mass is 10.0. The van der Waals surface area contributed by atoms with Crippen molar-refractivity contribution >= 4 is 0 Å². The number of aliphatic hydroxyl groups excluding tert-OH is 1. The van der Waals surface area contributed by atoms with E-state index >= 15 is 0 Å². The Labute approximate surface area is 125 Å². The molecule has 0 saturated heterocycles. The molecule has 0 bridgehead atoms. The zero-order valence-electron chi connectivity index (χ0n) is 12.5. The van der Waals surface area contributed by atoms with E-state index in [2.05, 4.69) is 0 Å². The fourth-order valence-corrected chi connectivity index (χ4v) is 2.26. The van der Waals surface area contributed by atoms with Gasteiger partial charge in [-0.05, 0) is 61.2 Å². The van der Waals surface area contributed by atoms with Gasteiger partial charge >= 0.3 is 0 Å². The van der Waals surface area contributed by atoms with Crippen LogP contribution >= 0.6 is 0 Å². The summed E-state index contributed by atoms with van der Waals surface area (Å²) >= 11 is 0. The molecule has 0 heterocycles. The predicted octanol–water partition coefficient (Wildman–Crippen LogP) is 3.82. The average Bonchev–Trinajstić information content (AvgIpc) is 2.42. The second-order valence-electron chi connectivity index (χ2n) is 5.38. The zero-order valence-corrected chi connectivity index (χ0v) is 12.5. The Morgan fingerprint density at radius 1 is 1.14 bits per heavy atom. The van der Waals surface area contributed by atoms with E-state index in [1.54, 1.807) is 6.07 Å². The van der Waals surface area contributed by atoms with E-state index in [0.29, 0.717) is 19.4 Å². The molecule has 0 fully saturated rings. The van der Waals surface area contributed by atoms with E-state index in [0.717, 1.165) is 22.4 Å². The van der Waals surface area contributed by atoms with Crippen LogP contribution in [0.1, 0.15) is 23.1 Å². The number of aryl methyl sites for hydroxylation is 2. The first-order valence-corrected chi connectivity index (χ1v) is 7.17. The molecule has 0 aliphatic carbocycles. The van der Waals surface area contributed by atoms with Crippen LogP contribution in [0.4, 0.5) is 4.39 Å². The van der Waals surface area contributed by atoms with Gasteiger partial charge in [0.25, 0.3) is 0 Å². The van der Waals surface area contributed by atoms with E-state index in [-0.39, 0.29) is 5.82 Å². The van der Waals surface area contributed by atoms with Crippen LogP contribution in [-0.4, -0.2) is 17.8 Å². The largest absolute Gasteiger partial charge is 0.493 e. The van der Waals surface area contributed by atoms with E-state index in [1.807, 2.05) is 38.1 Å². The van der Waals surface area contributed by atoms with Gasteiger partial charge in [0.15, 0.2) is 0 Å². The van der Waals surface area contributed by atoms with Crippen molar-refractivity contribution < 1.29 is 14.2 Å². The number of ether oxygens (including phenoxy) is 1. The van der Waals surface area contributed by atoms with Crippen molar-refractivity contribution in [2.75, 3.05) is 6.61 Å². The molecule has 21 heavy (non-hydrogen) atoms. The van der Waals surface area contributed by atoms with Crippen LogP contribution < -0.4 is 4.74 Å². The monoisotopic (exact) mass is 288 g/mol. The minimum absolute atomic E-state index is 0.242. The lowest BCUT2D eigenvalue weighted by Crippen LogP contribution is -2.15. The molecule has 0 radical (unpaired) electrons. The molecule has 3 heteroatoms. The van der Waals surface area contributed by atoms with Gasteiger partial charge in [0.1, 0.15) is 11.6 Å². The van der Waals surface area contributed by atoms with Gasteiger partial charge in [-0.15, -0.1) is 0 Å². The minimum Gasteiger partial charge on any atom is -0.493 e. The highest BCUT2D eigenvalue weighted by Crippen LogP contribution is 2.15. The van der Waals surface area contributed by atoms with Crippen LogP contribution in [0.3, 0.4) is 0 Å². The van der Waals surface area contributed by atoms with Crippen LogP contribution in [0.15, 0.2) is 42.5 Å². The molecule has 2 aromatic rings. The van der Waals surface area contributed by atoms with Crippen LogP contribution in [-0.2, 0) is 6.42 Å². The second kappa shape index (κ2) is 7.23. The number of hydrogen-bond acceptors (Lipinski definition) is 2. The van der Waals surface area contributed by atoms with Crippen LogP contribution in [0.5, 0.6) is 5.75 Å². The molecule has 0 spiro atoms. The summed E-state index contributed by atoms with van der Waals surface area (Å²) in [6, 6.07) is 12.5. The highest BCUT2D eigenvalue weighted by molar-refractivity contribution is 5.28. The fourth-order valence-electron chi connectivity index (χ4n) is 2.26. The summed E-state index contributed by atoms with van der Waals surface area (Å²) < 4.78 is 18.6. The lowest BCUT2D eigenvalue weighted by Gasteiger charge is -2.13. The average molecular weight is 288 g/mol. The molecule has 0 aromatic heterocycles. The van der Waals surface area contributed by atoms with Crippen LogP contribution in [0.2, 0.25) is 0 Å². The van der Waals surface area contributed by atoms with Gasteiger partial charge in [-0.25, -0.2) is 4.39 Å². The molecule has 1 unspecified atom stereocenters. The molecule has 0 amide bonds. The Morgan fingerprint density at radius 3 is 2.67 bits per heavy atom. The highest BCUT2D eigenvalue weighted by atomic mass is 19.1. The Morgan fingerprint density at radius 2 is 1.95 bits per heavy atom. The fraction of sp³-hybridized carbons (Fsp3) is 0.333. The van der Waals surface area contributed by atoms with Crippen molar-refractivity contribution in [3.8, 4) is 5.75 Å². The Hall–Kier alpha value is -1.87. The van der Waals surface area contributed by atoms with Gasteiger partial charge in [0.05, 0.1) is 12.7 Å². The standard InChI is InChI=1S/C18H21FO2/c1-13-4-3-5-18(10-13)21-9-8-17(20)12-15-6-7-16(19)11-14(15)2/h3-7,10-11,17,20H,8-9,12H2,1-2H3. The summed E-state index contributed by atoms with van der Waals surface area (Å²) in [7, 11) is 0. The number of rotatable bonds is 6. The molecule has 112 valence electrons. The summed E-state index contributed by atoms with van der Waals surface area (Å²) in [5.74, 6) is 0.577. The molecular weight excluding hydrogens is 267 g/mol. The molecule has 0 aliphatic heterocycles. The number of aliphatic hydroxyl groups is 1. The van der Waals surface area contributed by atoms with Crippen LogP contribution in [0, 0.1) is 19.7 Å². The third-order valence-corrected chi connectivity index (χ3v) is 3.47. The Bertz CT molecular complexity index is 596. The van der Waals surface area contributed by atoms with Gasteiger partial charge in [0.2, 0.25) is 0 Å². The third kappa shape index (κ3) is 4.87. The minimum atomic E-state index is -0.487. The predicted molar refractivity (Wildman–Crippen MR) is 82.1 cm³/mol. The smallest absolute Gasteiger partial charge is 0.123 e. The maximum Gasteiger partial charge on any atom is 0.123 e. The van der Waals surface area contributed by atoms with E-state index in [1.165, 1.54) is 12.1 Å². The maximum atomic E-state index is 13.0. The van der Waals surface area contributed by atoms with Crippen molar-refractivity contribution in [2.24, 2.45) is 0 Å². The van der Waals surface area contributed by atoms with Gasteiger partial charge in [-0.3, -0.25) is 0 Å². The summed E-state index contributed by atoms with van der Waals surface area (Å²) in [4.78, 5) is 0. The van der Waals surface area contributed by atoms with Crippen LogP contribution in [0.25, 0.3) is 0 Å². The molecule has 2 aromatic carbocycles. The first-order valence-electron chi connectivity index (χ1n) is 7.17. The molecule has 1 N–H and O–H groups in total. The molecule has 2 nitrogen and oxygen atoms in total. The highest BCUT2D eigenvalue weighted by Gasteiger charge is 2.09. The second-order valence-corrected chi connectivity index (χ2v) is 5.38. The zero-order chi connectivity index (χ0) is 15.2. The summed E-state index contributed by atoms with van der Waals surface area (Å²) in [6.45, 7) is 4.33. The number of benzene rings is 2. The Balaban J connectivity index is 1.81. The maximum absolute atomic E-state index is 13.0. The van der Waals surface area contributed by atoms with Gasteiger partial charge in [-0.1, -0.05) is 18.2 Å². The quantitative estimate of drug-likeness (QED) is 0.875. The van der Waals surface area contributed by atoms with Crippen molar-refractivity contribution in [2.45, 2.75) is 32.8 Å². The first-order chi connectivity index (χ1) is 10.0. The van der Waals surface area contributed by atoms with Crippen molar-refractivity contribution in [1.29, 1.82) is 0 Å². The first kappa shape index (κ1) is 15.5. The molecule has 0 aliphatic rings. The number of hydrogen-bond donors (Lipinski definition) is 1. The van der Waals surface area contributed by atoms with Crippen molar-refractivity contribution in [3.05, 3.63) is 65.0 Å². The van der Waals surface area contributed by atoms with E-state index in [4.69, 9.17) is 4.74 Å². The normalized spacial score (nSPS) is 12.2. The van der Waals surface area contributed by atoms with Gasteiger partial charge in [0, 0.05) is 6.42 Å². The summed E-state index contributed by atoms with van der Waals surface area (Å²) in [5, 5.41) is 10.1. The number of halogens is 1. The van der Waals surface area contributed by atoms with Crippen molar-refractivity contribution in [1.82, 2.24) is 0 Å². The van der Waals surface area contributed by atoms with E-state index < -0.39 is 6.10 Å². The van der Waals surface area contributed by atoms with E-state index in [9.17, 15) is 9.50 Å². The van der Waals surface area contributed by atoms with Gasteiger partial charge < -0.3 is 9.84 Å². The topological polar surface area (TPSA) is 29.5 Å².